The zero-order chi connectivity index (χ0) is 14.4. The smallest absolute Gasteiger partial charge is 0.316 e. The summed E-state index contributed by atoms with van der Waals surface area (Å²) >= 11 is 1.25. The predicted octanol–water partition coefficient (Wildman–Crippen LogP) is 0.277. The highest BCUT2D eigenvalue weighted by molar-refractivity contribution is 7.99. The minimum absolute atomic E-state index is 0.126. The van der Waals surface area contributed by atoms with Crippen LogP contribution in [0, 0.1) is 0 Å². The van der Waals surface area contributed by atoms with Crippen LogP contribution >= 0.6 is 11.8 Å². The lowest BCUT2D eigenvalue weighted by Crippen LogP contribution is -2.14. The van der Waals surface area contributed by atoms with Crippen LogP contribution in [0.2, 0.25) is 0 Å². The third-order valence-electron chi connectivity index (χ3n) is 2.21. The molecular formula is C11H18N4O3S. The molecule has 0 bridgehead atoms. The molecule has 1 amide bonds. The molecule has 0 fully saturated rings. The van der Waals surface area contributed by atoms with Gasteiger partial charge in [-0.2, -0.15) is 0 Å². The van der Waals surface area contributed by atoms with Crippen LogP contribution in [0.15, 0.2) is 5.16 Å². The van der Waals surface area contributed by atoms with Crippen LogP contribution in [0.3, 0.4) is 0 Å². The molecule has 1 heterocycles. The van der Waals surface area contributed by atoms with Gasteiger partial charge in [0.05, 0.1) is 11.9 Å². The van der Waals surface area contributed by atoms with Gasteiger partial charge < -0.3 is 15.0 Å². The number of primary amides is 1. The second kappa shape index (κ2) is 7.13. The molecule has 0 radical (unpaired) electrons. The molecule has 0 aliphatic carbocycles. The van der Waals surface area contributed by atoms with Crippen molar-refractivity contribution in [3.05, 3.63) is 5.82 Å². The Balaban J connectivity index is 2.51. The average Bonchev–Trinajstić information content (AvgIpc) is 2.64. The van der Waals surface area contributed by atoms with E-state index in [0.29, 0.717) is 17.4 Å². The fraction of sp³-hybridized carbons (Fsp3) is 0.636. The Morgan fingerprint density at radius 3 is 2.68 bits per heavy atom. The van der Waals surface area contributed by atoms with E-state index in [-0.39, 0.29) is 30.2 Å². The van der Waals surface area contributed by atoms with Gasteiger partial charge in [0, 0.05) is 19.9 Å². The number of carbonyl (C=O) groups is 2. The Labute approximate surface area is 115 Å². The molecule has 0 unspecified atom stereocenters. The number of nitrogens with zero attached hydrogens (tertiary/aromatic N) is 3. The maximum Gasteiger partial charge on any atom is 0.316 e. The molecule has 7 nitrogen and oxygen atoms in total. The Bertz CT molecular complexity index is 459. The van der Waals surface area contributed by atoms with Gasteiger partial charge in [0.25, 0.3) is 0 Å². The first-order chi connectivity index (χ1) is 8.90. The number of thioether (sulfide) groups is 1. The summed E-state index contributed by atoms with van der Waals surface area (Å²) in [5, 5.41) is 8.53. The third-order valence-corrected chi connectivity index (χ3v) is 3.20. The van der Waals surface area contributed by atoms with Gasteiger partial charge in [0.1, 0.15) is 5.82 Å². The van der Waals surface area contributed by atoms with Crippen molar-refractivity contribution in [1.82, 2.24) is 14.8 Å². The van der Waals surface area contributed by atoms with Gasteiger partial charge in [-0.1, -0.05) is 11.8 Å². The van der Waals surface area contributed by atoms with Crippen LogP contribution in [0.1, 0.15) is 26.1 Å². The summed E-state index contributed by atoms with van der Waals surface area (Å²) < 4.78 is 6.77. The number of aryl methyl sites for hydroxylation is 1. The molecule has 1 aromatic rings. The minimum atomic E-state index is -0.377. The number of nitrogens with two attached hydrogens (primary N) is 1. The van der Waals surface area contributed by atoms with Crippen molar-refractivity contribution in [2.75, 3.05) is 5.75 Å². The van der Waals surface area contributed by atoms with Gasteiger partial charge in [-0.3, -0.25) is 9.59 Å². The lowest BCUT2D eigenvalue weighted by molar-refractivity contribution is -0.144. The largest absolute Gasteiger partial charge is 0.462 e. The van der Waals surface area contributed by atoms with Gasteiger partial charge in [-0.05, 0) is 13.8 Å². The highest BCUT2D eigenvalue weighted by Crippen LogP contribution is 2.16. The number of hydrogen-bond acceptors (Lipinski definition) is 6. The van der Waals surface area contributed by atoms with Gasteiger partial charge in [0.15, 0.2) is 5.16 Å². The van der Waals surface area contributed by atoms with Crippen LogP contribution in [-0.2, 0) is 27.8 Å². The third kappa shape index (κ3) is 5.29. The van der Waals surface area contributed by atoms with Crippen LogP contribution in [0.4, 0.5) is 0 Å². The second-order valence-corrected chi connectivity index (χ2v) is 5.19. The number of esters is 1. The first-order valence-corrected chi connectivity index (χ1v) is 6.87. The van der Waals surface area contributed by atoms with E-state index in [1.165, 1.54) is 11.8 Å². The molecule has 0 aliphatic heterocycles. The van der Waals surface area contributed by atoms with E-state index in [4.69, 9.17) is 10.5 Å². The molecule has 1 rings (SSSR count). The van der Waals surface area contributed by atoms with Gasteiger partial charge in [-0.25, -0.2) is 0 Å². The van der Waals surface area contributed by atoms with E-state index in [9.17, 15) is 9.59 Å². The summed E-state index contributed by atoms with van der Waals surface area (Å²) in [6.45, 7) is 3.60. The summed E-state index contributed by atoms with van der Waals surface area (Å²) in [7, 11) is 1.78. The molecule has 106 valence electrons. The Morgan fingerprint density at radius 1 is 1.42 bits per heavy atom. The van der Waals surface area contributed by atoms with Crippen molar-refractivity contribution in [3.63, 3.8) is 0 Å². The molecule has 0 aliphatic rings. The van der Waals surface area contributed by atoms with Crippen molar-refractivity contribution in [2.24, 2.45) is 12.8 Å². The second-order valence-electron chi connectivity index (χ2n) is 4.25. The maximum atomic E-state index is 11.4. The standard InChI is InChI=1S/C11H18N4O3S/c1-7(2)18-10(17)6-19-11-14-13-9(15(11)3)5-4-8(12)16/h7H,4-6H2,1-3H3,(H2,12,16). The molecule has 0 aromatic carbocycles. The van der Waals surface area contributed by atoms with Crippen molar-refractivity contribution in [1.29, 1.82) is 0 Å². The van der Waals surface area contributed by atoms with Gasteiger partial charge >= 0.3 is 5.97 Å². The zero-order valence-corrected chi connectivity index (χ0v) is 12.1. The SMILES string of the molecule is CC(C)OC(=O)CSc1nnc(CCC(N)=O)n1C. The molecule has 0 atom stereocenters. The number of carbonyl (C=O) groups excluding carboxylic acids is 2. The number of rotatable bonds is 7. The lowest BCUT2D eigenvalue weighted by atomic mass is 10.3. The normalized spacial score (nSPS) is 10.7. The van der Waals surface area contributed by atoms with Crippen LogP contribution in [0.5, 0.6) is 0 Å². The van der Waals surface area contributed by atoms with Crippen molar-refractivity contribution in [2.45, 2.75) is 37.9 Å². The van der Waals surface area contributed by atoms with Crippen molar-refractivity contribution in [3.8, 4) is 0 Å². The Morgan fingerprint density at radius 2 is 2.11 bits per heavy atom. The zero-order valence-electron chi connectivity index (χ0n) is 11.3. The quantitative estimate of drug-likeness (QED) is 0.570. The van der Waals surface area contributed by atoms with Gasteiger partial charge in [0.2, 0.25) is 5.91 Å². The van der Waals surface area contributed by atoms with E-state index >= 15 is 0 Å². The summed E-state index contributed by atoms with van der Waals surface area (Å²) in [5.74, 6) is 0.179. The van der Waals surface area contributed by atoms with Crippen LogP contribution in [-0.4, -0.2) is 38.5 Å². The molecule has 8 heteroatoms. The number of hydrogen-bond donors (Lipinski definition) is 1. The molecular weight excluding hydrogens is 268 g/mol. The highest BCUT2D eigenvalue weighted by Gasteiger charge is 2.13. The molecule has 1 aromatic heterocycles. The first kappa shape index (κ1) is 15.5. The van der Waals surface area contributed by atoms with Crippen molar-refractivity contribution >= 4 is 23.6 Å². The number of amides is 1. The summed E-state index contributed by atoms with van der Waals surface area (Å²) in [4.78, 5) is 22.1. The highest BCUT2D eigenvalue weighted by atomic mass is 32.2. The number of ether oxygens (including phenoxy) is 1. The predicted molar refractivity (Wildman–Crippen MR) is 70.5 cm³/mol. The Kier molecular flexibility index (Phi) is 5.81. The maximum absolute atomic E-state index is 11.4. The van der Waals surface area contributed by atoms with Crippen molar-refractivity contribution < 1.29 is 14.3 Å². The summed E-state index contributed by atoms with van der Waals surface area (Å²) in [6.07, 6.45) is 0.542. The minimum Gasteiger partial charge on any atom is -0.462 e. The van der Waals surface area contributed by atoms with E-state index in [0.717, 1.165) is 0 Å². The first-order valence-electron chi connectivity index (χ1n) is 5.89. The van der Waals surface area contributed by atoms with Gasteiger partial charge in [-0.15, -0.1) is 10.2 Å². The summed E-state index contributed by atoms with van der Waals surface area (Å²) in [6, 6.07) is 0. The van der Waals surface area contributed by atoms with E-state index in [1.807, 2.05) is 0 Å². The molecule has 2 N–H and O–H groups in total. The van der Waals surface area contributed by atoms with Crippen LogP contribution < -0.4 is 5.73 Å². The summed E-state index contributed by atoms with van der Waals surface area (Å²) in [5.41, 5.74) is 5.08. The lowest BCUT2D eigenvalue weighted by Gasteiger charge is -2.07. The average molecular weight is 286 g/mol. The van der Waals surface area contributed by atoms with E-state index < -0.39 is 0 Å². The van der Waals surface area contributed by atoms with Crippen LogP contribution in [0.25, 0.3) is 0 Å². The molecule has 0 saturated carbocycles. The Hall–Kier alpha value is -1.57. The molecule has 0 spiro atoms. The fourth-order valence-electron chi connectivity index (χ4n) is 1.34. The molecule has 0 saturated heterocycles. The topological polar surface area (TPSA) is 100 Å². The number of aromatic nitrogens is 3. The monoisotopic (exact) mass is 286 g/mol. The molecule has 19 heavy (non-hydrogen) atoms. The van der Waals surface area contributed by atoms with E-state index in [1.54, 1.807) is 25.5 Å². The van der Waals surface area contributed by atoms with E-state index in [2.05, 4.69) is 10.2 Å². The fourth-order valence-corrected chi connectivity index (χ4v) is 2.06.